The average Bonchev–Trinajstić information content (AvgIpc) is 2.40. The van der Waals surface area contributed by atoms with E-state index in [1.54, 1.807) is 7.11 Å². The Hall–Kier alpha value is -1.19. The standard InChI is InChI=1S/C16H24ClNO2/c1-5-20-16-14(17)9-13(10-15(16)19-4)7-6-8-18-11-12(2)3/h6-7,9-10,12,18H,5,8,11H2,1-4H3. The largest absolute Gasteiger partial charge is 0.493 e. The molecule has 1 aromatic rings. The van der Waals surface area contributed by atoms with Gasteiger partial charge in [-0.3, -0.25) is 0 Å². The second kappa shape index (κ2) is 8.88. The first kappa shape index (κ1) is 16.9. The van der Waals surface area contributed by atoms with Crippen molar-refractivity contribution in [2.45, 2.75) is 20.8 Å². The van der Waals surface area contributed by atoms with Crippen LogP contribution in [0.5, 0.6) is 11.5 Å². The minimum Gasteiger partial charge on any atom is -0.493 e. The summed E-state index contributed by atoms with van der Waals surface area (Å²) in [5.41, 5.74) is 1.00. The third-order valence-corrected chi connectivity index (χ3v) is 2.95. The second-order valence-electron chi connectivity index (χ2n) is 4.92. The van der Waals surface area contributed by atoms with Gasteiger partial charge in [-0.15, -0.1) is 0 Å². The number of hydrogen-bond acceptors (Lipinski definition) is 3. The van der Waals surface area contributed by atoms with Gasteiger partial charge in [0.25, 0.3) is 0 Å². The maximum Gasteiger partial charge on any atom is 0.179 e. The van der Waals surface area contributed by atoms with Crippen molar-refractivity contribution in [3.8, 4) is 11.5 Å². The molecule has 0 saturated carbocycles. The molecule has 0 heterocycles. The van der Waals surface area contributed by atoms with E-state index in [0.717, 1.165) is 18.7 Å². The number of rotatable bonds is 8. The highest BCUT2D eigenvalue weighted by Gasteiger charge is 2.10. The Bertz CT molecular complexity index is 444. The van der Waals surface area contributed by atoms with E-state index in [1.165, 1.54) is 0 Å². The maximum absolute atomic E-state index is 6.22. The van der Waals surface area contributed by atoms with Crippen LogP contribution in [0.3, 0.4) is 0 Å². The molecule has 0 amide bonds. The topological polar surface area (TPSA) is 30.5 Å². The van der Waals surface area contributed by atoms with Gasteiger partial charge in [-0.05, 0) is 37.1 Å². The molecule has 20 heavy (non-hydrogen) atoms. The van der Waals surface area contributed by atoms with Crippen molar-refractivity contribution in [1.82, 2.24) is 5.32 Å². The summed E-state index contributed by atoms with van der Waals surface area (Å²) in [6.07, 6.45) is 4.10. The fraction of sp³-hybridized carbons (Fsp3) is 0.500. The van der Waals surface area contributed by atoms with Crippen LogP contribution in [0.15, 0.2) is 18.2 Å². The predicted molar refractivity (Wildman–Crippen MR) is 85.9 cm³/mol. The van der Waals surface area contributed by atoms with Crippen LogP contribution in [0.2, 0.25) is 5.02 Å². The van der Waals surface area contributed by atoms with E-state index in [4.69, 9.17) is 21.1 Å². The molecule has 4 heteroatoms. The van der Waals surface area contributed by atoms with E-state index in [9.17, 15) is 0 Å². The highest BCUT2D eigenvalue weighted by molar-refractivity contribution is 6.32. The van der Waals surface area contributed by atoms with Crippen LogP contribution >= 0.6 is 11.6 Å². The minimum atomic E-state index is 0.560. The monoisotopic (exact) mass is 297 g/mol. The third-order valence-electron chi connectivity index (χ3n) is 2.67. The Labute approximate surface area is 126 Å². The van der Waals surface area contributed by atoms with Crippen molar-refractivity contribution in [3.05, 3.63) is 28.8 Å². The molecule has 0 bridgehead atoms. The van der Waals surface area contributed by atoms with Gasteiger partial charge in [-0.1, -0.05) is 37.6 Å². The molecule has 112 valence electrons. The molecule has 1 N–H and O–H groups in total. The van der Waals surface area contributed by atoms with Crippen LogP contribution in [0.1, 0.15) is 26.3 Å². The second-order valence-corrected chi connectivity index (χ2v) is 5.33. The Balaban J connectivity index is 2.71. The quantitative estimate of drug-likeness (QED) is 0.736. The van der Waals surface area contributed by atoms with Crippen LogP contribution in [0.25, 0.3) is 6.08 Å². The summed E-state index contributed by atoms with van der Waals surface area (Å²) < 4.78 is 10.8. The lowest BCUT2D eigenvalue weighted by Gasteiger charge is -2.12. The number of benzene rings is 1. The Morgan fingerprint density at radius 1 is 1.35 bits per heavy atom. The van der Waals surface area contributed by atoms with Crippen LogP contribution in [0.4, 0.5) is 0 Å². The SMILES string of the molecule is CCOc1c(Cl)cc(C=CCNCC(C)C)cc1OC. The van der Waals surface area contributed by atoms with Crippen LogP contribution in [0, 0.1) is 5.92 Å². The number of hydrogen-bond donors (Lipinski definition) is 1. The summed E-state index contributed by atoms with van der Waals surface area (Å²) in [4.78, 5) is 0. The molecular weight excluding hydrogens is 274 g/mol. The lowest BCUT2D eigenvalue weighted by atomic mass is 10.2. The van der Waals surface area contributed by atoms with Gasteiger partial charge < -0.3 is 14.8 Å². The molecule has 1 rings (SSSR count). The van der Waals surface area contributed by atoms with Crippen molar-refractivity contribution in [3.63, 3.8) is 0 Å². The van der Waals surface area contributed by atoms with E-state index in [-0.39, 0.29) is 0 Å². The zero-order valence-corrected chi connectivity index (χ0v) is 13.5. The van der Waals surface area contributed by atoms with Gasteiger partial charge in [0.05, 0.1) is 18.7 Å². The van der Waals surface area contributed by atoms with Crippen molar-refractivity contribution in [1.29, 1.82) is 0 Å². The molecule has 0 spiro atoms. The Morgan fingerprint density at radius 3 is 2.70 bits per heavy atom. The fourth-order valence-corrected chi connectivity index (χ4v) is 2.04. The van der Waals surface area contributed by atoms with E-state index < -0.39 is 0 Å². The van der Waals surface area contributed by atoms with Crippen molar-refractivity contribution in [2.24, 2.45) is 5.92 Å². The van der Waals surface area contributed by atoms with Gasteiger partial charge in [0.15, 0.2) is 11.5 Å². The highest BCUT2D eigenvalue weighted by atomic mass is 35.5. The summed E-state index contributed by atoms with van der Waals surface area (Å²) in [7, 11) is 1.62. The molecule has 0 aromatic heterocycles. The molecule has 1 aromatic carbocycles. The highest BCUT2D eigenvalue weighted by Crippen LogP contribution is 2.36. The first-order valence-corrected chi connectivity index (χ1v) is 7.33. The van der Waals surface area contributed by atoms with E-state index in [1.807, 2.05) is 25.1 Å². The van der Waals surface area contributed by atoms with Crippen LogP contribution in [-0.4, -0.2) is 26.8 Å². The average molecular weight is 298 g/mol. The van der Waals surface area contributed by atoms with E-state index in [0.29, 0.717) is 29.0 Å². The molecule has 0 saturated heterocycles. The molecule has 0 aliphatic rings. The Morgan fingerprint density at radius 2 is 2.10 bits per heavy atom. The normalized spacial score (nSPS) is 11.3. The number of nitrogens with one attached hydrogen (secondary N) is 1. The number of halogens is 1. The van der Waals surface area contributed by atoms with Gasteiger partial charge in [0.1, 0.15) is 0 Å². The van der Waals surface area contributed by atoms with Gasteiger partial charge in [-0.2, -0.15) is 0 Å². The summed E-state index contributed by atoms with van der Waals surface area (Å²) in [5, 5.41) is 3.92. The van der Waals surface area contributed by atoms with Crippen molar-refractivity contribution < 1.29 is 9.47 Å². The summed E-state index contributed by atoms with van der Waals surface area (Å²) in [6, 6.07) is 3.81. The first-order chi connectivity index (χ1) is 9.58. The van der Waals surface area contributed by atoms with Crippen molar-refractivity contribution >= 4 is 17.7 Å². The molecule has 0 aliphatic carbocycles. The molecule has 0 radical (unpaired) electrons. The lowest BCUT2D eigenvalue weighted by molar-refractivity contribution is 0.311. The summed E-state index contributed by atoms with van der Waals surface area (Å²) in [5.74, 6) is 1.92. The van der Waals surface area contributed by atoms with E-state index in [2.05, 4.69) is 25.2 Å². The fourth-order valence-electron chi connectivity index (χ4n) is 1.77. The molecule has 0 fully saturated rings. The minimum absolute atomic E-state index is 0.560. The van der Waals surface area contributed by atoms with Gasteiger partial charge in [0, 0.05) is 6.54 Å². The molecule has 0 aliphatic heterocycles. The third kappa shape index (κ3) is 5.43. The van der Waals surface area contributed by atoms with Crippen LogP contribution in [-0.2, 0) is 0 Å². The van der Waals surface area contributed by atoms with Gasteiger partial charge >= 0.3 is 0 Å². The molecule has 0 unspecified atom stereocenters. The van der Waals surface area contributed by atoms with E-state index >= 15 is 0 Å². The molecule has 0 atom stereocenters. The Kier molecular flexibility index (Phi) is 7.48. The smallest absolute Gasteiger partial charge is 0.179 e. The number of ether oxygens (including phenoxy) is 2. The van der Waals surface area contributed by atoms with Crippen LogP contribution < -0.4 is 14.8 Å². The van der Waals surface area contributed by atoms with Gasteiger partial charge in [0.2, 0.25) is 0 Å². The number of methoxy groups -OCH3 is 1. The summed E-state index contributed by atoms with van der Waals surface area (Å²) in [6.45, 7) is 8.71. The summed E-state index contributed by atoms with van der Waals surface area (Å²) >= 11 is 6.22. The zero-order chi connectivity index (χ0) is 15.0. The molecular formula is C16H24ClNO2. The van der Waals surface area contributed by atoms with Crippen molar-refractivity contribution in [2.75, 3.05) is 26.8 Å². The predicted octanol–water partition coefficient (Wildman–Crippen LogP) is 4.01. The maximum atomic E-state index is 6.22. The zero-order valence-electron chi connectivity index (χ0n) is 12.7. The van der Waals surface area contributed by atoms with Gasteiger partial charge in [-0.25, -0.2) is 0 Å². The molecule has 3 nitrogen and oxygen atoms in total. The first-order valence-electron chi connectivity index (χ1n) is 6.96. The lowest BCUT2D eigenvalue weighted by Crippen LogP contribution is -2.19.